The second-order valence-electron chi connectivity index (χ2n) is 6.20. The van der Waals surface area contributed by atoms with Gasteiger partial charge in [0, 0.05) is 16.3 Å². The summed E-state index contributed by atoms with van der Waals surface area (Å²) in [6.45, 7) is 3.90. The van der Waals surface area contributed by atoms with E-state index in [2.05, 4.69) is 20.3 Å². The zero-order valence-electron chi connectivity index (χ0n) is 15.1. The number of aromatic amines is 1. The first-order chi connectivity index (χ1) is 13.5. The van der Waals surface area contributed by atoms with Gasteiger partial charge in [0.05, 0.1) is 16.8 Å². The van der Waals surface area contributed by atoms with Gasteiger partial charge in [-0.3, -0.25) is 9.59 Å². The Bertz CT molecular complexity index is 1210. The highest BCUT2D eigenvalue weighted by molar-refractivity contribution is 7.99. The second-order valence-corrected chi connectivity index (χ2v) is 8.88. The topological polar surface area (TPSA) is 87.7 Å². The van der Waals surface area contributed by atoms with E-state index in [1.807, 2.05) is 48.9 Å². The summed E-state index contributed by atoms with van der Waals surface area (Å²) in [6, 6.07) is 8.05. The lowest BCUT2D eigenvalue weighted by molar-refractivity contribution is -0.113. The van der Waals surface area contributed by atoms with Crippen molar-refractivity contribution in [1.82, 2.24) is 15.0 Å². The molecule has 6 nitrogen and oxygen atoms in total. The van der Waals surface area contributed by atoms with Gasteiger partial charge in [0.15, 0.2) is 10.3 Å². The highest BCUT2D eigenvalue weighted by atomic mass is 32.2. The Kier molecular flexibility index (Phi) is 5.29. The molecule has 0 aliphatic carbocycles. The number of fused-ring (bicyclic) bond motifs is 1. The smallest absolute Gasteiger partial charge is 0.260 e. The van der Waals surface area contributed by atoms with Gasteiger partial charge in [0.25, 0.3) is 5.56 Å². The third-order valence-electron chi connectivity index (χ3n) is 3.99. The van der Waals surface area contributed by atoms with Crippen LogP contribution in [0.15, 0.2) is 45.0 Å². The zero-order chi connectivity index (χ0) is 19.7. The first kappa shape index (κ1) is 18.9. The average molecular weight is 429 g/mol. The fourth-order valence-corrected chi connectivity index (χ4v) is 5.01. The third kappa shape index (κ3) is 4.01. The summed E-state index contributed by atoms with van der Waals surface area (Å²) in [4.78, 5) is 36.9. The van der Waals surface area contributed by atoms with E-state index in [9.17, 15) is 9.59 Å². The molecule has 4 aromatic rings. The molecule has 0 bridgehead atoms. The predicted octanol–water partition coefficient (Wildman–Crippen LogP) is 4.46. The van der Waals surface area contributed by atoms with E-state index in [1.54, 1.807) is 0 Å². The number of hydrogen-bond acceptors (Lipinski definition) is 7. The van der Waals surface area contributed by atoms with Crippen molar-refractivity contribution >= 4 is 55.7 Å². The van der Waals surface area contributed by atoms with Crippen LogP contribution in [0.25, 0.3) is 21.3 Å². The standard InChI is InChI=1S/C19H16N4O2S3/c1-10-3-5-12(6-4-10)13-8-26-17-15(13)16(25)22-19(23-17)28-9-14(24)21-18-20-11(2)7-27-18/h3-8H,9H2,1-2H3,(H,20,21,24)(H,22,23,25). The van der Waals surface area contributed by atoms with Crippen molar-refractivity contribution in [3.05, 3.63) is 56.6 Å². The number of nitrogens with zero attached hydrogens (tertiary/aromatic N) is 2. The van der Waals surface area contributed by atoms with Crippen LogP contribution in [0.5, 0.6) is 0 Å². The highest BCUT2D eigenvalue weighted by Gasteiger charge is 2.14. The number of aryl methyl sites for hydroxylation is 2. The van der Waals surface area contributed by atoms with Crippen molar-refractivity contribution in [2.24, 2.45) is 0 Å². The maximum atomic E-state index is 12.6. The number of hydrogen-bond donors (Lipinski definition) is 2. The number of anilines is 1. The fourth-order valence-electron chi connectivity index (χ4n) is 2.64. The number of amides is 1. The molecule has 4 rings (SSSR count). The van der Waals surface area contributed by atoms with Gasteiger partial charge in [-0.05, 0) is 19.4 Å². The second kappa shape index (κ2) is 7.86. The lowest BCUT2D eigenvalue weighted by atomic mass is 10.1. The molecule has 0 atom stereocenters. The maximum Gasteiger partial charge on any atom is 0.260 e. The molecule has 9 heteroatoms. The van der Waals surface area contributed by atoms with Crippen molar-refractivity contribution in [1.29, 1.82) is 0 Å². The Labute approximate surface area is 173 Å². The first-order valence-corrected chi connectivity index (χ1v) is 11.2. The van der Waals surface area contributed by atoms with E-state index >= 15 is 0 Å². The number of H-pyrrole nitrogens is 1. The molecule has 0 fully saturated rings. The number of rotatable bonds is 5. The Hall–Kier alpha value is -2.49. The number of thiophene rings is 1. The molecular formula is C19H16N4O2S3. The lowest BCUT2D eigenvalue weighted by Gasteiger charge is -2.03. The molecule has 0 unspecified atom stereocenters. The lowest BCUT2D eigenvalue weighted by Crippen LogP contribution is -2.15. The van der Waals surface area contributed by atoms with Gasteiger partial charge >= 0.3 is 0 Å². The summed E-state index contributed by atoms with van der Waals surface area (Å²) >= 11 is 4.00. The van der Waals surface area contributed by atoms with Crippen LogP contribution in [0.2, 0.25) is 0 Å². The predicted molar refractivity (Wildman–Crippen MR) is 117 cm³/mol. The maximum absolute atomic E-state index is 12.6. The quantitative estimate of drug-likeness (QED) is 0.362. The summed E-state index contributed by atoms with van der Waals surface area (Å²) in [5.74, 6) is -0.0443. The van der Waals surface area contributed by atoms with Crippen molar-refractivity contribution in [3.63, 3.8) is 0 Å². The molecule has 1 amide bonds. The number of carbonyl (C=O) groups is 1. The van der Waals surface area contributed by atoms with Crippen LogP contribution in [0, 0.1) is 13.8 Å². The van der Waals surface area contributed by atoms with Crippen LogP contribution in [-0.4, -0.2) is 26.6 Å². The molecule has 1 aromatic carbocycles. The van der Waals surface area contributed by atoms with Gasteiger partial charge in [-0.15, -0.1) is 22.7 Å². The summed E-state index contributed by atoms with van der Waals surface area (Å²) in [6.07, 6.45) is 0. The van der Waals surface area contributed by atoms with Gasteiger partial charge < -0.3 is 10.3 Å². The Morgan fingerprint density at radius 1 is 1.14 bits per heavy atom. The van der Waals surface area contributed by atoms with E-state index in [-0.39, 0.29) is 17.2 Å². The van der Waals surface area contributed by atoms with Crippen molar-refractivity contribution in [2.75, 3.05) is 11.1 Å². The Morgan fingerprint density at radius 2 is 1.93 bits per heavy atom. The van der Waals surface area contributed by atoms with Gasteiger partial charge in [-0.25, -0.2) is 9.97 Å². The molecule has 0 saturated heterocycles. The molecule has 3 aromatic heterocycles. The minimum absolute atomic E-state index is 0.142. The van der Waals surface area contributed by atoms with E-state index in [4.69, 9.17) is 0 Å². The van der Waals surface area contributed by atoms with E-state index in [0.717, 1.165) is 16.8 Å². The third-order valence-corrected chi connectivity index (χ3v) is 6.61. The molecule has 0 saturated carbocycles. The van der Waals surface area contributed by atoms with Crippen LogP contribution < -0.4 is 10.9 Å². The Morgan fingerprint density at radius 3 is 2.64 bits per heavy atom. The van der Waals surface area contributed by atoms with Crippen molar-refractivity contribution < 1.29 is 4.79 Å². The zero-order valence-corrected chi connectivity index (χ0v) is 17.6. The van der Waals surface area contributed by atoms with Crippen LogP contribution >= 0.6 is 34.4 Å². The number of carbonyl (C=O) groups excluding carboxylic acids is 1. The molecule has 0 aliphatic rings. The number of nitrogens with one attached hydrogen (secondary N) is 2. The van der Waals surface area contributed by atoms with Crippen LogP contribution in [-0.2, 0) is 4.79 Å². The molecule has 3 heterocycles. The van der Waals surface area contributed by atoms with Crippen molar-refractivity contribution in [2.45, 2.75) is 19.0 Å². The summed E-state index contributed by atoms with van der Waals surface area (Å²) in [5, 5.41) is 8.15. The monoisotopic (exact) mass is 428 g/mol. The van der Waals surface area contributed by atoms with Crippen molar-refractivity contribution in [3.8, 4) is 11.1 Å². The van der Waals surface area contributed by atoms with Gasteiger partial charge in [-0.2, -0.15) is 0 Å². The highest BCUT2D eigenvalue weighted by Crippen LogP contribution is 2.31. The number of aromatic nitrogens is 3. The molecule has 28 heavy (non-hydrogen) atoms. The first-order valence-electron chi connectivity index (χ1n) is 8.43. The summed E-state index contributed by atoms with van der Waals surface area (Å²) in [7, 11) is 0. The molecular weight excluding hydrogens is 412 g/mol. The van der Waals surface area contributed by atoms with Gasteiger partial charge in [-0.1, -0.05) is 41.6 Å². The molecule has 142 valence electrons. The molecule has 0 radical (unpaired) electrons. The van der Waals surface area contributed by atoms with Crippen LogP contribution in [0.4, 0.5) is 5.13 Å². The van der Waals surface area contributed by atoms with Crippen LogP contribution in [0.3, 0.4) is 0 Å². The normalized spacial score (nSPS) is 11.1. The Balaban J connectivity index is 1.52. The minimum atomic E-state index is -0.194. The minimum Gasteiger partial charge on any atom is -0.301 e. The number of thiazole rings is 1. The average Bonchev–Trinajstić information content (AvgIpc) is 3.27. The van der Waals surface area contributed by atoms with Gasteiger partial charge in [0.1, 0.15) is 4.83 Å². The summed E-state index contributed by atoms with van der Waals surface area (Å²) < 4.78 is 0. The van der Waals surface area contributed by atoms with E-state index in [1.165, 1.54) is 40.0 Å². The molecule has 0 aliphatic heterocycles. The molecule has 0 spiro atoms. The van der Waals surface area contributed by atoms with Crippen LogP contribution in [0.1, 0.15) is 11.3 Å². The fraction of sp³-hybridized carbons (Fsp3) is 0.158. The number of thioether (sulfide) groups is 1. The van der Waals surface area contributed by atoms with E-state index in [0.29, 0.717) is 20.5 Å². The SMILES string of the molecule is Cc1ccc(-c2csc3nc(SCC(=O)Nc4nc(C)cs4)[nH]c(=O)c23)cc1. The van der Waals surface area contributed by atoms with Gasteiger partial charge in [0.2, 0.25) is 5.91 Å². The molecule has 2 N–H and O–H groups in total. The number of benzene rings is 1. The largest absolute Gasteiger partial charge is 0.301 e. The van der Waals surface area contributed by atoms with E-state index < -0.39 is 0 Å². The summed E-state index contributed by atoms with van der Waals surface area (Å²) in [5.41, 5.74) is 3.71.